The number of para-hydroxylation sites is 2. The van der Waals surface area contributed by atoms with Crippen molar-refractivity contribution >= 4 is 16.6 Å². The zero-order valence-electron chi connectivity index (χ0n) is 12.0. The summed E-state index contributed by atoms with van der Waals surface area (Å²) in [6, 6.07) is 11.9. The van der Waals surface area contributed by atoms with Crippen LogP contribution < -0.4 is 10.1 Å². The first kappa shape index (κ1) is 14.1. The normalized spacial score (nSPS) is 10.8. The van der Waals surface area contributed by atoms with Crippen LogP contribution in [0, 0.1) is 10.1 Å². The lowest BCUT2D eigenvalue weighted by Crippen LogP contribution is -2.03. The highest BCUT2D eigenvalue weighted by molar-refractivity contribution is 5.84. The van der Waals surface area contributed by atoms with Crippen LogP contribution in [0.5, 0.6) is 11.5 Å². The number of hydrogen-bond acceptors (Lipinski definition) is 4. The molecule has 22 heavy (non-hydrogen) atoms. The number of nitrogens with one attached hydrogen (secondary N) is 2. The number of H-pyrrole nitrogens is 1. The van der Waals surface area contributed by atoms with Gasteiger partial charge in [-0.1, -0.05) is 12.1 Å². The molecule has 6 nitrogen and oxygen atoms in total. The Morgan fingerprint density at radius 1 is 1.27 bits per heavy atom. The monoisotopic (exact) mass is 297 g/mol. The molecule has 0 saturated carbocycles. The Morgan fingerprint density at radius 3 is 2.86 bits per heavy atom. The molecular weight excluding hydrogens is 282 g/mol. The van der Waals surface area contributed by atoms with Gasteiger partial charge >= 0.3 is 5.69 Å². The van der Waals surface area contributed by atoms with Crippen molar-refractivity contribution < 1.29 is 9.66 Å². The molecule has 0 bridgehead atoms. The average molecular weight is 297 g/mol. The highest BCUT2D eigenvalue weighted by Gasteiger charge is 2.14. The van der Waals surface area contributed by atoms with Crippen LogP contribution in [0.1, 0.15) is 5.56 Å². The van der Waals surface area contributed by atoms with Gasteiger partial charge in [-0.05, 0) is 30.8 Å². The van der Waals surface area contributed by atoms with Crippen molar-refractivity contribution in [1.82, 2.24) is 10.3 Å². The number of nitro benzene ring substituents is 1. The van der Waals surface area contributed by atoms with Gasteiger partial charge in [0.1, 0.15) is 5.75 Å². The Bertz CT molecular complexity index is 826. The van der Waals surface area contributed by atoms with Gasteiger partial charge in [-0.15, -0.1) is 0 Å². The summed E-state index contributed by atoms with van der Waals surface area (Å²) in [5.41, 5.74) is 2.04. The van der Waals surface area contributed by atoms with Gasteiger partial charge in [-0.2, -0.15) is 0 Å². The molecule has 3 rings (SSSR count). The lowest BCUT2D eigenvalue weighted by molar-refractivity contribution is -0.385. The minimum absolute atomic E-state index is 0.0510. The first-order valence-electron chi connectivity index (χ1n) is 6.85. The predicted octanol–water partition coefficient (Wildman–Crippen LogP) is 3.59. The molecule has 0 unspecified atom stereocenters. The minimum atomic E-state index is -0.451. The Hall–Kier alpha value is -2.86. The number of hydrogen-bond donors (Lipinski definition) is 2. The van der Waals surface area contributed by atoms with E-state index in [4.69, 9.17) is 4.74 Å². The fourth-order valence-corrected chi connectivity index (χ4v) is 2.39. The van der Waals surface area contributed by atoms with Crippen LogP contribution in [0.15, 0.2) is 48.7 Å². The topological polar surface area (TPSA) is 80.2 Å². The highest BCUT2D eigenvalue weighted by atomic mass is 16.6. The summed E-state index contributed by atoms with van der Waals surface area (Å²) in [6.07, 6.45) is 1.94. The van der Waals surface area contributed by atoms with Gasteiger partial charge in [0.15, 0.2) is 0 Å². The summed E-state index contributed by atoms with van der Waals surface area (Å²) in [6.45, 7) is 0.768. The van der Waals surface area contributed by atoms with Crippen molar-refractivity contribution in [3.8, 4) is 11.5 Å². The molecule has 1 aromatic heterocycles. The number of aromatic amines is 1. The van der Waals surface area contributed by atoms with Crippen molar-refractivity contribution in [3.63, 3.8) is 0 Å². The van der Waals surface area contributed by atoms with E-state index >= 15 is 0 Å². The van der Waals surface area contributed by atoms with E-state index in [2.05, 4.69) is 10.3 Å². The van der Waals surface area contributed by atoms with Gasteiger partial charge in [-0.3, -0.25) is 10.1 Å². The van der Waals surface area contributed by atoms with Crippen LogP contribution in [0.2, 0.25) is 0 Å². The van der Waals surface area contributed by atoms with Gasteiger partial charge in [0.2, 0.25) is 5.75 Å². The van der Waals surface area contributed by atoms with E-state index in [1.54, 1.807) is 18.2 Å². The molecule has 0 amide bonds. The van der Waals surface area contributed by atoms with Crippen molar-refractivity contribution in [2.75, 3.05) is 7.05 Å². The maximum absolute atomic E-state index is 11.0. The van der Waals surface area contributed by atoms with Crippen molar-refractivity contribution in [2.24, 2.45) is 0 Å². The molecule has 0 spiro atoms. The van der Waals surface area contributed by atoms with E-state index in [-0.39, 0.29) is 11.4 Å². The Morgan fingerprint density at radius 2 is 2.09 bits per heavy atom. The molecule has 0 saturated heterocycles. The molecule has 2 N–H and O–H groups in total. The lowest BCUT2D eigenvalue weighted by atomic mass is 10.1. The molecule has 2 aromatic carbocycles. The first-order chi connectivity index (χ1) is 10.7. The highest BCUT2D eigenvalue weighted by Crippen LogP contribution is 2.32. The summed E-state index contributed by atoms with van der Waals surface area (Å²) in [4.78, 5) is 13.7. The average Bonchev–Trinajstić information content (AvgIpc) is 2.90. The van der Waals surface area contributed by atoms with Crippen molar-refractivity contribution in [2.45, 2.75) is 6.54 Å². The maximum Gasteiger partial charge on any atom is 0.311 e. The molecule has 3 aromatic rings. The summed E-state index contributed by atoms with van der Waals surface area (Å²) >= 11 is 0. The second kappa shape index (κ2) is 5.87. The Labute approximate surface area is 126 Å². The summed E-state index contributed by atoms with van der Waals surface area (Å²) in [7, 11) is 1.89. The number of nitrogens with zero attached hydrogens (tertiary/aromatic N) is 1. The van der Waals surface area contributed by atoms with E-state index in [9.17, 15) is 10.1 Å². The van der Waals surface area contributed by atoms with E-state index in [1.165, 1.54) is 6.07 Å². The second-order valence-electron chi connectivity index (χ2n) is 4.88. The van der Waals surface area contributed by atoms with Crippen LogP contribution in [0.4, 0.5) is 5.69 Å². The summed E-state index contributed by atoms with van der Waals surface area (Å²) in [5, 5.41) is 15.2. The Kier molecular flexibility index (Phi) is 3.76. The standard InChI is InChI=1S/C16H15N3O3/c1-17-9-11-10-18-14-8-12(6-7-13(11)14)22-16-5-3-2-4-15(16)19(20)21/h2-8,10,17-18H,9H2,1H3. The van der Waals surface area contributed by atoms with Crippen LogP contribution in [-0.4, -0.2) is 17.0 Å². The lowest BCUT2D eigenvalue weighted by Gasteiger charge is -2.06. The number of rotatable bonds is 5. The quantitative estimate of drug-likeness (QED) is 0.557. The third kappa shape index (κ3) is 2.64. The number of fused-ring (bicyclic) bond motifs is 1. The molecule has 0 aliphatic heterocycles. The largest absolute Gasteiger partial charge is 0.450 e. The van der Waals surface area contributed by atoms with Gasteiger partial charge in [-0.25, -0.2) is 0 Å². The first-order valence-corrected chi connectivity index (χ1v) is 6.85. The fraction of sp³-hybridized carbons (Fsp3) is 0.125. The molecule has 0 atom stereocenters. The van der Waals surface area contributed by atoms with Crippen LogP contribution >= 0.6 is 0 Å². The molecule has 0 radical (unpaired) electrons. The molecule has 6 heteroatoms. The van der Waals surface area contributed by atoms with Crippen LogP contribution in [0.25, 0.3) is 10.9 Å². The molecule has 112 valence electrons. The van der Waals surface area contributed by atoms with Crippen LogP contribution in [0.3, 0.4) is 0 Å². The van der Waals surface area contributed by atoms with Crippen molar-refractivity contribution in [1.29, 1.82) is 0 Å². The molecule has 1 heterocycles. The van der Waals surface area contributed by atoms with Gasteiger partial charge < -0.3 is 15.0 Å². The molecule has 0 aliphatic carbocycles. The third-order valence-corrected chi connectivity index (χ3v) is 3.40. The summed E-state index contributed by atoms with van der Waals surface area (Å²) in [5.74, 6) is 0.786. The van der Waals surface area contributed by atoms with E-state index in [1.807, 2.05) is 31.4 Å². The van der Waals surface area contributed by atoms with Gasteiger partial charge in [0.05, 0.1) is 4.92 Å². The van der Waals surface area contributed by atoms with E-state index in [0.717, 1.165) is 23.0 Å². The maximum atomic E-state index is 11.0. The SMILES string of the molecule is CNCc1c[nH]c2cc(Oc3ccccc3[N+](=O)[O-])ccc12. The number of nitro groups is 1. The fourth-order valence-electron chi connectivity index (χ4n) is 2.39. The second-order valence-corrected chi connectivity index (χ2v) is 4.88. The third-order valence-electron chi connectivity index (χ3n) is 3.40. The van der Waals surface area contributed by atoms with E-state index in [0.29, 0.717) is 5.75 Å². The zero-order valence-corrected chi connectivity index (χ0v) is 12.0. The van der Waals surface area contributed by atoms with Crippen molar-refractivity contribution in [3.05, 3.63) is 64.3 Å². The molecular formula is C16H15N3O3. The Balaban J connectivity index is 1.93. The zero-order chi connectivity index (χ0) is 15.5. The summed E-state index contributed by atoms with van der Waals surface area (Å²) < 4.78 is 5.67. The number of ether oxygens (including phenoxy) is 1. The number of aromatic nitrogens is 1. The smallest absolute Gasteiger partial charge is 0.311 e. The van der Waals surface area contributed by atoms with Gasteiger partial charge in [0, 0.05) is 35.8 Å². The number of benzene rings is 2. The molecule has 0 aliphatic rings. The molecule has 0 fully saturated rings. The van der Waals surface area contributed by atoms with E-state index < -0.39 is 4.92 Å². The predicted molar refractivity (Wildman–Crippen MR) is 84.2 cm³/mol. The van der Waals surface area contributed by atoms with Gasteiger partial charge in [0.25, 0.3) is 0 Å². The minimum Gasteiger partial charge on any atom is -0.450 e. The van der Waals surface area contributed by atoms with Crippen LogP contribution in [-0.2, 0) is 6.54 Å².